The van der Waals surface area contributed by atoms with E-state index in [1.807, 2.05) is 12.3 Å². The predicted octanol–water partition coefficient (Wildman–Crippen LogP) is 4.86. The summed E-state index contributed by atoms with van der Waals surface area (Å²) in [5.74, 6) is 0.311. The van der Waals surface area contributed by atoms with E-state index < -0.39 is 0 Å². The Morgan fingerprint density at radius 1 is 1.12 bits per heavy atom. The third kappa shape index (κ3) is 1.96. The fourth-order valence-electron chi connectivity index (χ4n) is 3.97. The smallest absolute Gasteiger partial charge is 0.161 e. The Bertz CT molecular complexity index is 988. The van der Waals surface area contributed by atoms with Gasteiger partial charge in [-0.25, -0.2) is 0 Å². The highest BCUT2D eigenvalue weighted by molar-refractivity contribution is 7.10. The number of ketones is 1. The zero-order valence-electron chi connectivity index (χ0n) is 13.1. The van der Waals surface area contributed by atoms with Crippen LogP contribution in [0.1, 0.15) is 35.6 Å². The lowest BCUT2D eigenvalue weighted by Crippen LogP contribution is -2.26. The molecule has 0 saturated heterocycles. The summed E-state index contributed by atoms with van der Waals surface area (Å²) in [5.41, 5.74) is 5.36. The van der Waals surface area contributed by atoms with Crippen LogP contribution in [0.3, 0.4) is 0 Å². The topological polar surface area (TPSA) is 42.0 Å². The number of allylic oxidation sites excluding steroid dienone is 2. The van der Waals surface area contributed by atoms with Crippen LogP contribution in [-0.4, -0.2) is 10.8 Å². The Labute approximate surface area is 144 Å². The number of hydrogen-bond acceptors (Lipinski definition) is 4. The molecule has 3 aromatic rings. The minimum atomic E-state index is 0.0250. The van der Waals surface area contributed by atoms with E-state index in [9.17, 15) is 4.79 Å². The van der Waals surface area contributed by atoms with E-state index in [2.05, 4.69) is 46.0 Å². The summed E-state index contributed by atoms with van der Waals surface area (Å²) in [4.78, 5) is 18.5. The highest BCUT2D eigenvalue weighted by Crippen LogP contribution is 2.48. The number of thiophene rings is 1. The number of rotatable bonds is 1. The monoisotopic (exact) mass is 332 g/mol. The average Bonchev–Trinajstić information content (AvgIpc) is 3.14. The second kappa shape index (κ2) is 5.28. The van der Waals surface area contributed by atoms with Crippen molar-refractivity contribution in [2.75, 3.05) is 5.32 Å². The SMILES string of the molecule is O=C1CCCC2=C1[C@H](c1cccs1)c1c(ccc3ncccc13)N2. The molecule has 1 aliphatic carbocycles. The lowest BCUT2D eigenvalue weighted by atomic mass is 9.77. The van der Waals surface area contributed by atoms with Gasteiger partial charge in [0, 0.05) is 39.8 Å². The van der Waals surface area contributed by atoms with Crippen LogP contribution in [0.4, 0.5) is 5.69 Å². The van der Waals surface area contributed by atoms with E-state index in [1.165, 1.54) is 10.4 Å². The maximum Gasteiger partial charge on any atom is 0.161 e. The number of nitrogens with zero attached hydrogens (tertiary/aromatic N) is 1. The van der Waals surface area contributed by atoms with Crippen molar-refractivity contribution in [2.24, 2.45) is 0 Å². The third-order valence-electron chi connectivity index (χ3n) is 4.97. The van der Waals surface area contributed by atoms with Crippen LogP contribution in [0, 0.1) is 0 Å². The van der Waals surface area contributed by atoms with Crippen LogP contribution >= 0.6 is 11.3 Å². The maximum absolute atomic E-state index is 12.8. The molecule has 1 aromatic carbocycles. The fourth-order valence-corrected chi connectivity index (χ4v) is 4.81. The van der Waals surface area contributed by atoms with Crippen molar-refractivity contribution in [1.29, 1.82) is 0 Å². The zero-order chi connectivity index (χ0) is 16.1. The standard InChI is InChI=1S/C20H16N2OS/c23-16-6-1-5-14-19(16)20(17-7-3-11-24-17)18-12-4-2-10-21-13(12)8-9-15(18)22-14/h2-4,7-11,20,22H,1,5-6H2/t20-/m1/s1. The fraction of sp³-hybridized carbons (Fsp3) is 0.200. The first-order chi connectivity index (χ1) is 11.8. The predicted molar refractivity (Wildman–Crippen MR) is 97.4 cm³/mol. The minimum Gasteiger partial charge on any atom is -0.358 e. The van der Waals surface area contributed by atoms with Gasteiger partial charge in [-0.15, -0.1) is 11.3 Å². The molecular formula is C20H16N2OS. The van der Waals surface area contributed by atoms with Crippen molar-refractivity contribution in [3.63, 3.8) is 0 Å². The van der Waals surface area contributed by atoms with Gasteiger partial charge in [0.05, 0.1) is 11.4 Å². The third-order valence-corrected chi connectivity index (χ3v) is 5.91. The van der Waals surface area contributed by atoms with Crippen molar-refractivity contribution < 1.29 is 4.79 Å². The molecule has 2 aliphatic rings. The number of hydrogen-bond donors (Lipinski definition) is 1. The van der Waals surface area contributed by atoms with Crippen LogP contribution in [-0.2, 0) is 4.79 Å². The Kier molecular flexibility index (Phi) is 3.06. The summed E-state index contributed by atoms with van der Waals surface area (Å²) < 4.78 is 0. The van der Waals surface area contributed by atoms with Gasteiger partial charge in [0.1, 0.15) is 0 Å². The number of Topliss-reactive ketones (excluding diaryl/α,β-unsaturated/α-hetero) is 1. The molecule has 3 nitrogen and oxygen atoms in total. The quantitative estimate of drug-likeness (QED) is 0.692. The van der Waals surface area contributed by atoms with Crippen LogP contribution in [0.25, 0.3) is 10.9 Å². The van der Waals surface area contributed by atoms with Gasteiger partial charge in [-0.2, -0.15) is 0 Å². The maximum atomic E-state index is 12.8. The van der Waals surface area contributed by atoms with Crippen LogP contribution in [0.15, 0.2) is 59.2 Å². The van der Waals surface area contributed by atoms with Gasteiger partial charge in [-0.3, -0.25) is 9.78 Å². The molecule has 0 spiro atoms. The van der Waals surface area contributed by atoms with Crippen molar-refractivity contribution in [2.45, 2.75) is 25.2 Å². The second-order valence-corrected chi connectivity index (χ2v) is 7.32. The summed E-state index contributed by atoms with van der Waals surface area (Å²) in [5, 5.41) is 6.77. The minimum absolute atomic E-state index is 0.0250. The molecule has 24 heavy (non-hydrogen) atoms. The molecule has 0 unspecified atom stereocenters. The molecule has 1 N–H and O–H groups in total. The molecule has 1 atom stereocenters. The molecule has 0 fully saturated rings. The van der Waals surface area contributed by atoms with Gasteiger partial charge < -0.3 is 5.32 Å². The van der Waals surface area contributed by atoms with E-state index >= 15 is 0 Å². The molecule has 118 valence electrons. The largest absolute Gasteiger partial charge is 0.358 e. The number of aromatic nitrogens is 1. The molecule has 0 bridgehead atoms. The molecule has 4 heteroatoms. The van der Waals surface area contributed by atoms with E-state index in [4.69, 9.17) is 0 Å². The van der Waals surface area contributed by atoms with Crippen molar-refractivity contribution in [3.8, 4) is 0 Å². The van der Waals surface area contributed by atoms with Gasteiger partial charge in [-0.1, -0.05) is 12.1 Å². The summed E-state index contributed by atoms with van der Waals surface area (Å²) >= 11 is 1.72. The summed E-state index contributed by atoms with van der Waals surface area (Å²) in [6.45, 7) is 0. The Morgan fingerprint density at radius 2 is 2.08 bits per heavy atom. The van der Waals surface area contributed by atoms with Crippen LogP contribution < -0.4 is 5.32 Å². The molecule has 3 heterocycles. The second-order valence-electron chi connectivity index (χ2n) is 6.34. The highest BCUT2D eigenvalue weighted by Gasteiger charge is 2.36. The number of anilines is 1. The van der Waals surface area contributed by atoms with Crippen molar-refractivity contribution in [3.05, 3.63) is 69.7 Å². The van der Waals surface area contributed by atoms with E-state index in [-0.39, 0.29) is 11.7 Å². The number of carbonyl (C=O) groups excluding carboxylic acids is 1. The van der Waals surface area contributed by atoms with Gasteiger partial charge in [0.2, 0.25) is 0 Å². The molecule has 5 rings (SSSR count). The van der Waals surface area contributed by atoms with E-state index in [0.29, 0.717) is 6.42 Å². The zero-order valence-corrected chi connectivity index (χ0v) is 13.9. The van der Waals surface area contributed by atoms with Gasteiger partial charge >= 0.3 is 0 Å². The number of fused-ring (bicyclic) bond motifs is 3. The van der Waals surface area contributed by atoms with Gasteiger partial charge in [0.25, 0.3) is 0 Å². The summed E-state index contributed by atoms with van der Waals surface area (Å²) in [6.07, 6.45) is 4.36. The van der Waals surface area contributed by atoms with E-state index in [1.54, 1.807) is 11.3 Å². The molecule has 1 aliphatic heterocycles. The van der Waals surface area contributed by atoms with Gasteiger partial charge in [0.15, 0.2) is 5.78 Å². The average molecular weight is 332 g/mol. The normalized spacial score (nSPS) is 19.8. The Hall–Kier alpha value is -2.46. The lowest BCUT2D eigenvalue weighted by molar-refractivity contribution is -0.116. The van der Waals surface area contributed by atoms with Crippen molar-refractivity contribution >= 4 is 33.7 Å². The first kappa shape index (κ1) is 13.9. The Balaban J connectivity index is 1.85. The molecule has 0 amide bonds. The number of nitrogens with one attached hydrogen (secondary N) is 1. The summed E-state index contributed by atoms with van der Waals surface area (Å²) in [6, 6.07) is 12.5. The number of pyridine rings is 1. The van der Waals surface area contributed by atoms with Gasteiger partial charge in [-0.05, 0) is 48.1 Å². The number of carbonyl (C=O) groups is 1. The first-order valence-electron chi connectivity index (χ1n) is 8.27. The highest BCUT2D eigenvalue weighted by atomic mass is 32.1. The lowest BCUT2D eigenvalue weighted by Gasteiger charge is -2.34. The molecule has 2 aromatic heterocycles. The van der Waals surface area contributed by atoms with Crippen molar-refractivity contribution in [1.82, 2.24) is 4.98 Å². The molecular weight excluding hydrogens is 316 g/mol. The first-order valence-corrected chi connectivity index (χ1v) is 9.15. The number of benzene rings is 1. The summed E-state index contributed by atoms with van der Waals surface area (Å²) in [7, 11) is 0. The van der Waals surface area contributed by atoms with Crippen LogP contribution in [0.2, 0.25) is 0 Å². The Morgan fingerprint density at radius 3 is 2.96 bits per heavy atom. The van der Waals surface area contributed by atoms with Crippen LogP contribution in [0.5, 0.6) is 0 Å². The molecule has 0 radical (unpaired) electrons. The van der Waals surface area contributed by atoms with E-state index in [0.717, 1.165) is 40.7 Å². The molecule has 0 saturated carbocycles.